The normalized spacial score (nSPS) is 12.8. The summed E-state index contributed by atoms with van der Waals surface area (Å²) >= 11 is 0.812. The molecule has 0 aromatic heterocycles. The van der Waals surface area contributed by atoms with E-state index in [0.717, 1.165) is 30.0 Å². The Morgan fingerprint density at radius 1 is 1.08 bits per heavy atom. The SMILES string of the molecule is C[C@H](Sc1cccc(C(F)(F)F)c1)C(=O)Nc1ccc(F)c(F)c1F. The maximum atomic E-state index is 13.5. The van der Waals surface area contributed by atoms with E-state index in [1.165, 1.54) is 19.1 Å². The monoisotopic (exact) mass is 379 g/mol. The fourth-order valence-electron chi connectivity index (χ4n) is 1.86. The van der Waals surface area contributed by atoms with Gasteiger partial charge in [-0.3, -0.25) is 4.79 Å². The van der Waals surface area contributed by atoms with Crippen molar-refractivity contribution in [2.75, 3.05) is 5.32 Å². The number of halogens is 6. The Labute approximate surface area is 143 Å². The summed E-state index contributed by atoms with van der Waals surface area (Å²) in [5.41, 5.74) is -1.42. The lowest BCUT2D eigenvalue weighted by Crippen LogP contribution is -2.23. The van der Waals surface area contributed by atoms with Crippen molar-refractivity contribution in [2.45, 2.75) is 23.2 Å². The summed E-state index contributed by atoms with van der Waals surface area (Å²) in [6.45, 7) is 1.39. The molecule has 0 saturated carbocycles. The highest BCUT2D eigenvalue weighted by Gasteiger charge is 2.30. The molecule has 0 aliphatic heterocycles. The van der Waals surface area contributed by atoms with Crippen LogP contribution in [-0.2, 0) is 11.0 Å². The molecular weight excluding hydrogens is 368 g/mol. The first-order valence-electron chi connectivity index (χ1n) is 6.88. The molecule has 9 heteroatoms. The van der Waals surface area contributed by atoms with Crippen molar-refractivity contribution in [1.82, 2.24) is 0 Å². The zero-order valence-corrected chi connectivity index (χ0v) is 13.4. The van der Waals surface area contributed by atoms with E-state index < -0.39 is 46.0 Å². The van der Waals surface area contributed by atoms with Crippen molar-refractivity contribution >= 4 is 23.4 Å². The van der Waals surface area contributed by atoms with Gasteiger partial charge in [0.25, 0.3) is 0 Å². The van der Waals surface area contributed by atoms with Gasteiger partial charge in [0.15, 0.2) is 17.5 Å². The van der Waals surface area contributed by atoms with Crippen LogP contribution in [0.1, 0.15) is 12.5 Å². The smallest absolute Gasteiger partial charge is 0.323 e. The summed E-state index contributed by atoms with van der Waals surface area (Å²) < 4.78 is 77.5. The van der Waals surface area contributed by atoms with Crippen molar-refractivity contribution in [3.05, 3.63) is 59.4 Å². The average molecular weight is 379 g/mol. The third-order valence-corrected chi connectivity index (χ3v) is 4.23. The number of carbonyl (C=O) groups excluding carboxylic acids is 1. The first-order chi connectivity index (χ1) is 11.6. The van der Waals surface area contributed by atoms with E-state index in [9.17, 15) is 31.1 Å². The van der Waals surface area contributed by atoms with Crippen molar-refractivity contribution in [1.29, 1.82) is 0 Å². The number of carbonyl (C=O) groups is 1. The van der Waals surface area contributed by atoms with Gasteiger partial charge in [-0.05, 0) is 37.3 Å². The number of benzene rings is 2. The summed E-state index contributed by atoms with van der Waals surface area (Å²) in [6, 6.07) is 5.87. The second-order valence-electron chi connectivity index (χ2n) is 5.00. The summed E-state index contributed by atoms with van der Waals surface area (Å²) in [7, 11) is 0. The standard InChI is InChI=1S/C16H11F6NOS/c1-8(25-10-4-2-3-9(7-10)16(20,21)22)15(24)23-12-6-5-11(17)13(18)14(12)19/h2-8H,1H3,(H,23,24)/t8-/m0/s1. The number of thioether (sulfide) groups is 1. The van der Waals surface area contributed by atoms with Gasteiger partial charge >= 0.3 is 6.18 Å². The van der Waals surface area contributed by atoms with Crippen LogP contribution in [0.15, 0.2) is 41.3 Å². The number of rotatable bonds is 4. The average Bonchev–Trinajstić information content (AvgIpc) is 2.54. The molecule has 2 nitrogen and oxygen atoms in total. The molecule has 0 fully saturated rings. The van der Waals surface area contributed by atoms with Crippen molar-refractivity contribution in [3.8, 4) is 0 Å². The van der Waals surface area contributed by atoms with E-state index in [0.29, 0.717) is 6.07 Å². The molecule has 25 heavy (non-hydrogen) atoms. The van der Waals surface area contributed by atoms with E-state index in [1.807, 2.05) is 0 Å². The Balaban J connectivity index is 2.10. The molecule has 0 aliphatic carbocycles. The molecule has 0 spiro atoms. The Kier molecular flexibility index (Phi) is 5.66. The molecule has 0 radical (unpaired) electrons. The third kappa shape index (κ3) is 4.68. The van der Waals surface area contributed by atoms with Crippen LogP contribution in [0.4, 0.5) is 32.0 Å². The van der Waals surface area contributed by atoms with Gasteiger partial charge in [0.2, 0.25) is 5.91 Å². The molecule has 0 bridgehead atoms. The zero-order chi connectivity index (χ0) is 18.8. The Hall–Kier alpha value is -2.16. The van der Waals surface area contributed by atoms with Crippen LogP contribution in [0, 0.1) is 17.5 Å². The molecule has 1 N–H and O–H groups in total. The second-order valence-corrected chi connectivity index (χ2v) is 6.41. The number of alkyl halides is 3. The highest BCUT2D eigenvalue weighted by molar-refractivity contribution is 8.00. The molecule has 1 atom stereocenters. The summed E-state index contributed by atoms with van der Waals surface area (Å²) in [6.07, 6.45) is -4.52. The molecule has 0 aliphatic rings. The first-order valence-corrected chi connectivity index (χ1v) is 7.76. The van der Waals surface area contributed by atoms with Gasteiger partial charge in [-0.2, -0.15) is 13.2 Å². The third-order valence-electron chi connectivity index (χ3n) is 3.14. The molecule has 2 aromatic rings. The van der Waals surface area contributed by atoms with Crippen LogP contribution >= 0.6 is 11.8 Å². The predicted octanol–water partition coefficient (Wildman–Crippen LogP) is 5.24. The molecule has 0 unspecified atom stereocenters. The lowest BCUT2D eigenvalue weighted by molar-refractivity contribution is -0.137. The number of hydrogen-bond acceptors (Lipinski definition) is 2. The highest BCUT2D eigenvalue weighted by Crippen LogP contribution is 2.33. The van der Waals surface area contributed by atoms with Gasteiger partial charge in [-0.1, -0.05) is 6.07 Å². The second kappa shape index (κ2) is 7.38. The Morgan fingerprint density at radius 3 is 2.40 bits per heavy atom. The van der Waals surface area contributed by atoms with Gasteiger partial charge in [0.1, 0.15) is 0 Å². The van der Waals surface area contributed by atoms with Crippen LogP contribution in [-0.4, -0.2) is 11.2 Å². The Bertz CT molecular complexity index is 793. The minimum absolute atomic E-state index is 0.184. The van der Waals surface area contributed by atoms with Crippen LogP contribution in [0.2, 0.25) is 0 Å². The number of nitrogens with one attached hydrogen (secondary N) is 1. The van der Waals surface area contributed by atoms with Gasteiger partial charge in [0.05, 0.1) is 16.5 Å². The summed E-state index contributed by atoms with van der Waals surface area (Å²) in [5, 5.41) is 1.17. The zero-order valence-electron chi connectivity index (χ0n) is 12.6. The quantitative estimate of drug-likeness (QED) is 0.447. The largest absolute Gasteiger partial charge is 0.416 e. The lowest BCUT2D eigenvalue weighted by Gasteiger charge is -2.14. The molecular formula is C16H11F6NOS. The van der Waals surface area contributed by atoms with E-state index in [-0.39, 0.29) is 4.90 Å². The highest BCUT2D eigenvalue weighted by atomic mass is 32.2. The van der Waals surface area contributed by atoms with Crippen LogP contribution in [0.25, 0.3) is 0 Å². The summed E-state index contributed by atoms with van der Waals surface area (Å²) in [4.78, 5) is 12.2. The van der Waals surface area contributed by atoms with Crippen molar-refractivity contribution < 1.29 is 31.1 Å². The maximum absolute atomic E-state index is 13.5. The molecule has 0 saturated heterocycles. The molecule has 134 valence electrons. The predicted molar refractivity (Wildman–Crippen MR) is 81.7 cm³/mol. The van der Waals surface area contributed by atoms with Gasteiger partial charge < -0.3 is 5.32 Å². The van der Waals surface area contributed by atoms with E-state index in [1.54, 1.807) is 0 Å². The van der Waals surface area contributed by atoms with Gasteiger partial charge in [-0.15, -0.1) is 11.8 Å². The molecule has 2 rings (SSSR count). The topological polar surface area (TPSA) is 29.1 Å². The van der Waals surface area contributed by atoms with Crippen LogP contribution in [0.5, 0.6) is 0 Å². The number of anilines is 1. The van der Waals surface area contributed by atoms with Gasteiger partial charge in [0, 0.05) is 4.90 Å². The van der Waals surface area contributed by atoms with Crippen LogP contribution < -0.4 is 5.32 Å². The Morgan fingerprint density at radius 2 is 1.76 bits per heavy atom. The lowest BCUT2D eigenvalue weighted by atomic mass is 10.2. The minimum atomic E-state index is -4.52. The van der Waals surface area contributed by atoms with E-state index >= 15 is 0 Å². The summed E-state index contributed by atoms with van der Waals surface area (Å²) in [5.74, 6) is -5.45. The van der Waals surface area contributed by atoms with Crippen molar-refractivity contribution in [2.24, 2.45) is 0 Å². The number of hydrogen-bond donors (Lipinski definition) is 1. The molecule has 2 aromatic carbocycles. The van der Waals surface area contributed by atoms with Gasteiger partial charge in [-0.25, -0.2) is 13.2 Å². The fraction of sp³-hybridized carbons (Fsp3) is 0.188. The fourth-order valence-corrected chi connectivity index (χ4v) is 2.79. The van der Waals surface area contributed by atoms with Crippen LogP contribution in [0.3, 0.4) is 0 Å². The minimum Gasteiger partial charge on any atom is -0.323 e. The van der Waals surface area contributed by atoms with Crippen molar-refractivity contribution in [3.63, 3.8) is 0 Å². The molecule has 1 amide bonds. The van der Waals surface area contributed by atoms with E-state index in [2.05, 4.69) is 5.32 Å². The number of amides is 1. The van der Waals surface area contributed by atoms with E-state index in [4.69, 9.17) is 0 Å². The maximum Gasteiger partial charge on any atom is 0.416 e. The first kappa shape index (κ1) is 19.2. The molecule has 0 heterocycles.